The molecule has 1 aromatic heterocycles. The van der Waals surface area contributed by atoms with E-state index in [1.54, 1.807) is 18.7 Å². The van der Waals surface area contributed by atoms with Gasteiger partial charge in [0.25, 0.3) is 0 Å². The van der Waals surface area contributed by atoms with Gasteiger partial charge in [0.2, 0.25) is 10.0 Å². The first-order valence-electron chi connectivity index (χ1n) is 6.51. The van der Waals surface area contributed by atoms with Crippen LogP contribution in [0.2, 0.25) is 0 Å². The van der Waals surface area contributed by atoms with Gasteiger partial charge in [0.15, 0.2) is 0 Å². The van der Waals surface area contributed by atoms with E-state index in [0.717, 1.165) is 13.0 Å². The molecule has 0 aliphatic rings. The first-order valence-corrected chi connectivity index (χ1v) is 7.95. The number of hydrogen-bond acceptors (Lipinski definition) is 4. The summed E-state index contributed by atoms with van der Waals surface area (Å²) in [6, 6.07) is 0. The van der Waals surface area contributed by atoms with Crippen molar-refractivity contribution in [1.29, 1.82) is 0 Å². The minimum atomic E-state index is -3.44. The number of rotatable bonds is 7. The van der Waals surface area contributed by atoms with Crippen molar-refractivity contribution in [2.24, 2.45) is 0 Å². The summed E-state index contributed by atoms with van der Waals surface area (Å²) in [5.41, 5.74) is 1.27. The topological polar surface area (TPSA) is 67.2 Å². The molecule has 110 valence electrons. The molecule has 1 aromatic rings. The summed E-state index contributed by atoms with van der Waals surface area (Å²) >= 11 is 0. The van der Waals surface area contributed by atoms with Crippen LogP contribution in [0.1, 0.15) is 24.7 Å². The average Bonchev–Trinajstić information content (AvgIpc) is 2.62. The van der Waals surface area contributed by atoms with Crippen molar-refractivity contribution in [2.45, 2.75) is 38.6 Å². The van der Waals surface area contributed by atoms with Crippen LogP contribution in [0.15, 0.2) is 4.90 Å². The van der Waals surface area contributed by atoms with Crippen LogP contribution >= 0.6 is 0 Å². The predicted octanol–water partition coefficient (Wildman–Crippen LogP) is 0.750. The Bertz CT molecular complexity index is 522. The zero-order chi connectivity index (χ0) is 14.6. The van der Waals surface area contributed by atoms with E-state index >= 15 is 0 Å². The number of sulfonamides is 1. The molecule has 1 heterocycles. The van der Waals surface area contributed by atoms with Gasteiger partial charge in [0, 0.05) is 20.1 Å². The van der Waals surface area contributed by atoms with Gasteiger partial charge in [-0.25, -0.2) is 12.7 Å². The fourth-order valence-electron chi connectivity index (χ4n) is 2.08. The Labute approximate surface area is 115 Å². The van der Waals surface area contributed by atoms with Gasteiger partial charge in [0.1, 0.15) is 4.90 Å². The van der Waals surface area contributed by atoms with E-state index in [9.17, 15) is 8.42 Å². The third-order valence-corrected chi connectivity index (χ3v) is 5.21. The second-order valence-corrected chi connectivity index (χ2v) is 6.63. The molecule has 7 heteroatoms. The second-order valence-electron chi connectivity index (χ2n) is 4.65. The maximum absolute atomic E-state index is 12.5. The predicted molar refractivity (Wildman–Crippen MR) is 75.7 cm³/mol. The molecule has 0 atom stereocenters. The van der Waals surface area contributed by atoms with Crippen molar-refractivity contribution in [1.82, 2.24) is 19.4 Å². The van der Waals surface area contributed by atoms with Gasteiger partial charge < -0.3 is 5.32 Å². The van der Waals surface area contributed by atoms with E-state index in [4.69, 9.17) is 0 Å². The summed E-state index contributed by atoms with van der Waals surface area (Å²) in [7, 11) is 0.0361. The first-order chi connectivity index (χ1) is 8.86. The highest BCUT2D eigenvalue weighted by molar-refractivity contribution is 7.89. The summed E-state index contributed by atoms with van der Waals surface area (Å²) < 4.78 is 28.2. The summed E-state index contributed by atoms with van der Waals surface area (Å²) in [5.74, 6) is 0. The molecule has 0 aliphatic carbocycles. The summed E-state index contributed by atoms with van der Waals surface area (Å²) in [6.07, 6.45) is 0.793. The number of nitrogens with one attached hydrogen (secondary N) is 1. The standard InChI is InChI=1S/C12H24N4O2S/c1-6-8-15(5)19(17,18)12-10(2)14-16(11(12)3)9-7-13-4/h13H,6-9H2,1-5H3. The fourth-order valence-corrected chi connectivity index (χ4v) is 3.71. The van der Waals surface area contributed by atoms with Gasteiger partial charge in [-0.3, -0.25) is 4.68 Å². The smallest absolute Gasteiger partial charge is 0.246 e. The van der Waals surface area contributed by atoms with Crippen LogP contribution in [0.3, 0.4) is 0 Å². The Morgan fingerprint density at radius 2 is 2.00 bits per heavy atom. The fraction of sp³-hybridized carbons (Fsp3) is 0.750. The van der Waals surface area contributed by atoms with Crippen LogP contribution in [0.25, 0.3) is 0 Å². The normalized spacial score (nSPS) is 12.3. The summed E-state index contributed by atoms with van der Waals surface area (Å²) in [5, 5.41) is 7.36. The molecule has 0 unspecified atom stereocenters. The van der Waals surface area contributed by atoms with Crippen LogP contribution in [0, 0.1) is 13.8 Å². The van der Waals surface area contributed by atoms with E-state index < -0.39 is 10.0 Å². The third-order valence-electron chi connectivity index (χ3n) is 3.10. The van der Waals surface area contributed by atoms with Gasteiger partial charge in [-0.2, -0.15) is 5.10 Å². The number of nitrogens with zero attached hydrogens (tertiary/aromatic N) is 3. The lowest BCUT2D eigenvalue weighted by atomic mass is 10.4. The van der Waals surface area contributed by atoms with Crippen LogP contribution < -0.4 is 5.32 Å². The molecule has 0 amide bonds. The molecule has 1 N–H and O–H groups in total. The van der Waals surface area contributed by atoms with Crippen LogP contribution in [0.4, 0.5) is 0 Å². The van der Waals surface area contributed by atoms with Gasteiger partial charge in [-0.05, 0) is 27.3 Å². The minimum Gasteiger partial charge on any atom is -0.318 e. The molecule has 0 radical (unpaired) electrons. The molecule has 0 fully saturated rings. The van der Waals surface area contributed by atoms with E-state index in [-0.39, 0.29) is 0 Å². The van der Waals surface area contributed by atoms with Crippen LogP contribution in [-0.4, -0.2) is 49.7 Å². The second kappa shape index (κ2) is 6.49. The van der Waals surface area contributed by atoms with E-state index in [1.807, 2.05) is 20.9 Å². The molecule has 19 heavy (non-hydrogen) atoms. The van der Waals surface area contributed by atoms with Crippen molar-refractivity contribution in [3.63, 3.8) is 0 Å². The number of hydrogen-bond donors (Lipinski definition) is 1. The van der Waals surface area contributed by atoms with Crippen LogP contribution in [0.5, 0.6) is 0 Å². The minimum absolute atomic E-state index is 0.347. The molecule has 0 aliphatic heterocycles. The van der Waals surface area contributed by atoms with Crippen LogP contribution in [-0.2, 0) is 16.6 Å². The summed E-state index contributed by atoms with van der Waals surface area (Å²) in [4.78, 5) is 0.347. The Kier molecular flexibility index (Phi) is 5.51. The highest BCUT2D eigenvalue weighted by Crippen LogP contribution is 2.22. The van der Waals surface area contributed by atoms with E-state index in [1.165, 1.54) is 4.31 Å². The number of aromatic nitrogens is 2. The zero-order valence-corrected chi connectivity index (χ0v) is 13.2. The Morgan fingerprint density at radius 3 is 2.53 bits per heavy atom. The average molecular weight is 288 g/mol. The first kappa shape index (κ1) is 16.1. The van der Waals surface area contributed by atoms with Gasteiger partial charge in [0.05, 0.1) is 17.9 Å². The van der Waals surface area contributed by atoms with Crippen molar-refractivity contribution in [2.75, 3.05) is 27.2 Å². The molecule has 0 saturated carbocycles. The SMILES string of the molecule is CCCN(C)S(=O)(=O)c1c(C)nn(CCNC)c1C. The highest BCUT2D eigenvalue weighted by Gasteiger charge is 2.27. The largest absolute Gasteiger partial charge is 0.318 e. The lowest BCUT2D eigenvalue weighted by molar-refractivity contribution is 0.467. The van der Waals surface area contributed by atoms with Crippen molar-refractivity contribution in [3.05, 3.63) is 11.4 Å². The van der Waals surface area contributed by atoms with Crippen molar-refractivity contribution in [3.8, 4) is 0 Å². The lowest BCUT2D eigenvalue weighted by Gasteiger charge is -2.16. The van der Waals surface area contributed by atoms with Gasteiger partial charge >= 0.3 is 0 Å². The molecular weight excluding hydrogens is 264 g/mol. The van der Waals surface area contributed by atoms with Crippen molar-refractivity contribution >= 4 is 10.0 Å². The van der Waals surface area contributed by atoms with Gasteiger partial charge in [-0.1, -0.05) is 6.92 Å². The molecule has 0 bridgehead atoms. The quantitative estimate of drug-likeness (QED) is 0.804. The Hall–Kier alpha value is -0.920. The molecule has 0 saturated heterocycles. The molecule has 6 nitrogen and oxygen atoms in total. The third kappa shape index (κ3) is 3.34. The molecular formula is C12H24N4O2S. The van der Waals surface area contributed by atoms with Crippen molar-refractivity contribution < 1.29 is 8.42 Å². The van der Waals surface area contributed by atoms with Gasteiger partial charge in [-0.15, -0.1) is 0 Å². The lowest BCUT2D eigenvalue weighted by Crippen LogP contribution is -2.28. The highest BCUT2D eigenvalue weighted by atomic mass is 32.2. The zero-order valence-electron chi connectivity index (χ0n) is 12.4. The molecule has 1 rings (SSSR count). The Balaban J connectivity index is 3.17. The Morgan fingerprint density at radius 1 is 1.37 bits per heavy atom. The monoisotopic (exact) mass is 288 g/mol. The maximum atomic E-state index is 12.5. The molecule has 0 aromatic carbocycles. The van der Waals surface area contributed by atoms with E-state index in [0.29, 0.717) is 29.4 Å². The summed E-state index contributed by atoms with van der Waals surface area (Å²) in [6.45, 7) is 7.45. The number of likely N-dealkylation sites (N-methyl/N-ethyl adjacent to an activating group) is 1. The maximum Gasteiger partial charge on any atom is 0.246 e. The molecule has 0 spiro atoms. The number of aryl methyl sites for hydroxylation is 1. The van der Waals surface area contributed by atoms with E-state index in [2.05, 4.69) is 10.4 Å².